The number of esters is 1. The Hall–Kier alpha value is -3.11. The third-order valence-corrected chi connectivity index (χ3v) is 5.97. The summed E-state index contributed by atoms with van der Waals surface area (Å²) in [5.41, 5.74) is 1.05. The number of pyridine rings is 1. The van der Waals surface area contributed by atoms with Crippen molar-refractivity contribution in [2.75, 3.05) is 14.1 Å². The molecule has 0 aliphatic heterocycles. The van der Waals surface area contributed by atoms with Gasteiger partial charge >= 0.3 is 5.97 Å². The first-order chi connectivity index (χ1) is 13.6. The lowest BCUT2D eigenvalue weighted by Crippen LogP contribution is -2.23. The zero-order chi connectivity index (χ0) is 21.3. The van der Waals surface area contributed by atoms with Gasteiger partial charge in [0, 0.05) is 26.4 Å². The number of rotatable bonds is 5. The highest BCUT2D eigenvalue weighted by atomic mass is 32.2. The van der Waals surface area contributed by atoms with Crippen LogP contribution >= 0.6 is 0 Å². The number of nitrogens with zero attached hydrogens (tertiary/aromatic N) is 3. The van der Waals surface area contributed by atoms with E-state index in [1.165, 1.54) is 24.6 Å². The third kappa shape index (κ3) is 4.17. The summed E-state index contributed by atoms with van der Waals surface area (Å²) < 4.78 is 45.7. The predicted octanol–water partition coefficient (Wildman–Crippen LogP) is 1.75. The largest absolute Gasteiger partial charge is 0.456 e. The van der Waals surface area contributed by atoms with Gasteiger partial charge < -0.3 is 4.74 Å². The minimum atomic E-state index is -4.07. The van der Waals surface area contributed by atoms with Gasteiger partial charge in [-0.25, -0.2) is 26.9 Å². The molecule has 0 N–H and O–H groups in total. The van der Waals surface area contributed by atoms with Crippen LogP contribution in [-0.2, 0) is 21.4 Å². The smallest absolute Gasteiger partial charge is 0.338 e. The molecule has 0 aliphatic rings. The van der Waals surface area contributed by atoms with Gasteiger partial charge in [0.2, 0.25) is 10.0 Å². The lowest BCUT2D eigenvalue weighted by atomic mass is 10.2. The number of ether oxygens (including phenoxy) is 1. The number of benzene rings is 1. The number of sulfonamides is 1. The number of carbonyl (C=O) groups excluding carboxylic acids is 1. The molecule has 3 rings (SSSR count). The van der Waals surface area contributed by atoms with Gasteiger partial charge in [0.15, 0.2) is 0 Å². The Balaban J connectivity index is 1.84. The van der Waals surface area contributed by atoms with E-state index in [0.717, 1.165) is 28.1 Å². The average molecular weight is 419 g/mol. The summed E-state index contributed by atoms with van der Waals surface area (Å²) in [4.78, 5) is 28.1. The molecule has 1 aromatic carbocycles. The molecule has 0 fully saturated rings. The van der Waals surface area contributed by atoms with Gasteiger partial charge in [0.25, 0.3) is 5.56 Å². The second-order valence-corrected chi connectivity index (χ2v) is 8.65. The third-order valence-electron chi connectivity index (χ3n) is 4.14. The predicted molar refractivity (Wildman–Crippen MR) is 103 cm³/mol. The molecule has 2 heterocycles. The SMILES string of the molecule is Cc1ccc2nc(COC(=O)c3ccc(F)c(S(=O)(=O)N(C)C)c3)cc(=O)n2c1. The lowest BCUT2D eigenvalue weighted by molar-refractivity contribution is 0.0467. The van der Waals surface area contributed by atoms with Gasteiger partial charge in [-0.05, 0) is 36.8 Å². The van der Waals surface area contributed by atoms with Crippen molar-refractivity contribution in [1.29, 1.82) is 0 Å². The fourth-order valence-corrected chi connectivity index (χ4v) is 3.56. The molecule has 0 saturated carbocycles. The molecule has 0 saturated heterocycles. The maximum atomic E-state index is 14.0. The Morgan fingerprint density at radius 1 is 1.21 bits per heavy atom. The first-order valence-electron chi connectivity index (χ1n) is 8.48. The van der Waals surface area contributed by atoms with Crippen LogP contribution in [0.3, 0.4) is 0 Å². The molecule has 3 aromatic rings. The fourth-order valence-electron chi connectivity index (χ4n) is 2.58. The van der Waals surface area contributed by atoms with Crippen LogP contribution < -0.4 is 5.56 Å². The van der Waals surface area contributed by atoms with Crippen molar-refractivity contribution in [3.8, 4) is 0 Å². The first kappa shape index (κ1) is 20.6. The molecule has 0 bridgehead atoms. The molecule has 2 aromatic heterocycles. The summed E-state index contributed by atoms with van der Waals surface area (Å²) in [7, 11) is -1.56. The van der Waals surface area contributed by atoms with Crippen LogP contribution in [0.25, 0.3) is 5.65 Å². The highest BCUT2D eigenvalue weighted by Gasteiger charge is 2.24. The number of aryl methyl sites for hydroxylation is 1. The Labute approximate surface area is 166 Å². The second-order valence-electron chi connectivity index (χ2n) is 6.53. The van der Waals surface area contributed by atoms with Crippen molar-refractivity contribution < 1.29 is 22.3 Å². The van der Waals surface area contributed by atoms with Crippen LogP contribution in [0.4, 0.5) is 4.39 Å². The Bertz CT molecular complexity index is 1270. The van der Waals surface area contributed by atoms with E-state index < -0.39 is 26.7 Å². The highest BCUT2D eigenvalue weighted by molar-refractivity contribution is 7.89. The summed E-state index contributed by atoms with van der Waals surface area (Å²) in [5.74, 6) is -1.85. The van der Waals surface area contributed by atoms with Crippen molar-refractivity contribution in [2.45, 2.75) is 18.4 Å². The van der Waals surface area contributed by atoms with Gasteiger partial charge in [-0.3, -0.25) is 9.20 Å². The molecule has 29 heavy (non-hydrogen) atoms. The minimum Gasteiger partial charge on any atom is -0.456 e. The van der Waals surface area contributed by atoms with Crippen LogP contribution in [0.2, 0.25) is 0 Å². The molecule has 0 spiro atoms. The maximum absolute atomic E-state index is 14.0. The maximum Gasteiger partial charge on any atom is 0.338 e. The van der Waals surface area contributed by atoms with Gasteiger partial charge in [0.05, 0.1) is 11.3 Å². The molecular formula is C19H18FN3O5S. The first-order valence-corrected chi connectivity index (χ1v) is 9.92. The average Bonchev–Trinajstić information content (AvgIpc) is 2.66. The van der Waals surface area contributed by atoms with E-state index in [-0.39, 0.29) is 23.4 Å². The van der Waals surface area contributed by atoms with E-state index in [9.17, 15) is 22.4 Å². The van der Waals surface area contributed by atoms with Crippen molar-refractivity contribution in [3.05, 3.63) is 75.6 Å². The zero-order valence-corrected chi connectivity index (χ0v) is 16.7. The van der Waals surface area contributed by atoms with E-state index in [1.54, 1.807) is 18.3 Å². The molecule has 10 heteroatoms. The van der Waals surface area contributed by atoms with Gasteiger partial charge in [-0.15, -0.1) is 0 Å². The van der Waals surface area contributed by atoms with E-state index in [4.69, 9.17) is 4.74 Å². The zero-order valence-electron chi connectivity index (χ0n) is 15.9. The quantitative estimate of drug-likeness (QED) is 0.585. The minimum absolute atomic E-state index is 0.139. The Morgan fingerprint density at radius 3 is 2.62 bits per heavy atom. The topological polar surface area (TPSA) is 98.0 Å². The number of hydrogen-bond acceptors (Lipinski definition) is 6. The summed E-state index contributed by atoms with van der Waals surface area (Å²) in [5, 5.41) is 0. The monoisotopic (exact) mass is 419 g/mol. The number of hydrogen-bond donors (Lipinski definition) is 0. The number of halogens is 1. The van der Waals surface area contributed by atoms with Crippen LogP contribution in [-0.4, -0.2) is 42.2 Å². The van der Waals surface area contributed by atoms with Crippen molar-refractivity contribution in [3.63, 3.8) is 0 Å². The summed E-state index contributed by atoms with van der Waals surface area (Å²) >= 11 is 0. The van der Waals surface area contributed by atoms with E-state index in [0.29, 0.717) is 5.65 Å². The van der Waals surface area contributed by atoms with Crippen molar-refractivity contribution >= 4 is 21.6 Å². The number of aromatic nitrogens is 2. The number of carbonyl (C=O) groups is 1. The van der Waals surface area contributed by atoms with Crippen molar-refractivity contribution in [2.24, 2.45) is 0 Å². The standard InChI is InChI=1S/C19H18FN3O5S/c1-12-4-7-17-21-14(9-18(24)23(17)10-12)11-28-19(25)13-5-6-15(20)16(8-13)29(26,27)22(2)3/h4-10H,11H2,1-3H3. The molecule has 152 valence electrons. The molecule has 8 nitrogen and oxygen atoms in total. The second kappa shape index (κ2) is 7.72. The van der Waals surface area contributed by atoms with Crippen molar-refractivity contribution in [1.82, 2.24) is 13.7 Å². The molecule has 0 unspecified atom stereocenters. The number of fused-ring (bicyclic) bond motifs is 1. The molecule has 0 radical (unpaired) electrons. The Kier molecular flexibility index (Phi) is 5.49. The molecule has 0 atom stereocenters. The normalized spacial score (nSPS) is 11.8. The summed E-state index contributed by atoms with van der Waals surface area (Å²) in [6.07, 6.45) is 1.64. The van der Waals surface area contributed by atoms with Crippen LogP contribution in [0.15, 0.2) is 52.3 Å². The molecular weight excluding hydrogens is 401 g/mol. The molecule has 0 amide bonds. The van der Waals surface area contributed by atoms with Gasteiger partial charge in [-0.2, -0.15) is 0 Å². The van der Waals surface area contributed by atoms with E-state index in [1.807, 2.05) is 6.92 Å². The van der Waals surface area contributed by atoms with Gasteiger partial charge in [-0.1, -0.05) is 6.07 Å². The summed E-state index contributed by atoms with van der Waals surface area (Å²) in [6, 6.07) is 7.63. The Morgan fingerprint density at radius 2 is 1.93 bits per heavy atom. The van der Waals surface area contributed by atoms with Crippen LogP contribution in [0.1, 0.15) is 21.6 Å². The summed E-state index contributed by atoms with van der Waals surface area (Å²) in [6.45, 7) is 1.54. The highest BCUT2D eigenvalue weighted by Crippen LogP contribution is 2.20. The fraction of sp³-hybridized carbons (Fsp3) is 0.211. The molecule has 0 aliphatic carbocycles. The van der Waals surface area contributed by atoms with E-state index >= 15 is 0 Å². The van der Waals surface area contributed by atoms with Gasteiger partial charge in [0.1, 0.15) is 23.0 Å². The van der Waals surface area contributed by atoms with Crippen LogP contribution in [0.5, 0.6) is 0 Å². The van der Waals surface area contributed by atoms with Crippen LogP contribution in [0, 0.1) is 12.7 Å². The lowest BCUT2D eigenvalue weighted by Gasteiger charge is -2.13. The van der Waals surface area contributed by atoms with E-state index in [2.05, 4.69) is 4.98 Å².